The van der Waals surface area contributed by atoms with Gasteiger partial charge in [0.15, 0.2) is 5.69 Å². The van der Waals surface area contributed by atoms with E-state index in [0.29, 0.717) is 17.2 Å². The molecule has 0 aliphatic carbocycles. The number of fused-ring (bicyclic) bond motifs is 1. The zero-order chi connectivity index (χ0) is 21.0. The summed E-state index contributed by atoms with van der Waals surface area (Å²) in [6.07, 6.45) is 0.588. The van der Waals surface area contributed by atoms with E-state index in [4.69, 9.17) is 0 Å². The van der Waals surface area contributed by atoms with Crippen molar-refractivity contribution in [2.75, 3.05) is 0 Å². The van der Waals surface area contributed by atoms with Crippen LogP contribution >= 0.6 is 0 Å². The van der Waals surface area contributed by atoms with Crippen LogP contribution in [0.4, 0.5) is 0 Å². The molecule has 0 bridgehead atoms. The van der Waals surface area contributed by atoms with Gasteiger partial charge in [0.1, 0.15) is 0 Å². The number of carbonyl (C=O) groups is 2. The molecule has 1 heterocycles. The molecule has 0 aliphatic rings. The molecule has 3 aromatic rings. The minimum atomic E-state index is -0.577. The molecule has 3 rings (SSSR count). The van der Waals surface area contributed by atoms with Gasteiger partial charge in [-0.05, 0) is 31.9 Å². The van der Waals surface area contributed by atoms with E-state index in [2.05, 4.69) is 16.0 Å². The SMILES string of the molecule is CCC(C(=O)NNC(=O)c1nn(C(C)C)c(=O)c2ccccc12)c1ccccc1. The molecule has 0 aliphatic heterocycles. The Morgan fingerprint density at radius 1 is 0.966 bits per heavy atom. The molecule has 0 spiro atoms. The highest BCUT2D eigenvalue weighted by molar-refractivity contribution is 6.05. The van der Waals surface area contributed by atoms with E-state index in [-0.39, 0.29) is 29.1 Å². The summed E-state index contributed by atoms with van der Waals surface area (Å²) >= 11 is 0. The van der Waals surface area contributed by atoms with Crippen molar-refractivity contribution in [2.24, 2.45) is 0 Å². The number of hydrogen-bond acceptors (Lipinski definition) is 4. The lowest BCUT2D eigenvalue weighted by Crippen LogP contribution is -2.44. The van der Waals surface area contributed by atoms with Crippen molar-refractivity contribution in [3.8, 4) is 0 Å². The largest absolute Gasteiger partial charge is 0.290 e. The van der Waals surface area contributed by atoms with Crippen LogP contribution < -0.4 is 16.4 Å². The van der Waals surface area contributed by atoms with Crippen molar-refractivity contribution in [3.63, 3.8) is 0 Å². The predicted octanol–water partition coefficient (Wildman–Crippen LogP) is 2.93. The lowest BCUT2D eigenvalue weighted by Gasteiger charge is -2.17. The fourth-order valence-electron chi connectivity index (χ4n) is 3.25. The van der Waals surface area contributed by atoms with Gasteiger partial charge in [-0.2, -0.15) is 5.10 Å². The van der Waals surface area contributed by atoms with Gasteiger partial charge in [-0.25, -0.2) is 4.68 Å². The van der Waals surface area contributed by atoms with E-state index in [9.17, 15) is 14.4 Å². The Morgan fingerprint density at radius 2 is 1.59 bits per heavy atom. The molecule has 7 heteroatoms. The maximum atomic E-state index is 12.8. The fourth-order valence-corrected chi connectivity index (χ4v) is 3.25. The Kier molecular flexibility index (Phi) is 6.07. The van der Waals surface area contributed by atoms with Crippen molar-refractivity contribution in [2.45, 2.75) is 39.2 Å². The summed E-state index contributed by atoms with van der Waals surface area (Å²) in [6, 6.07) is 16.0. The third-order valence-corrected chi connectivity index (χ3v) is 4.76. The van der Waals surface area contributed by atoms with Crippen LogP contribution in [0, 0.1) is 0 Å². The van der Waals surface area contributed by atoms with E-state index >= 15 is 0 Å². The van der Waals surface area contributed by atoms with Gasteiger partial charge in [-0.3, -0.25) is 25.2 Å². The number of nitrogens with zero attached hydrogens (tertiary/aromatic N) is 2. The van der Waals surface area contributed by atoms with Crippen molar-refractivity contribution in [3.05, 3.63) is 76.2 Å². The second-order valence-electron chi connectivity index (χ2n) is 7.05. The fraction of sp³-hybridized carbons (Fsp3) is 0.273. The smallest absolute Gasteiger partial charge is 0.273 e. The molecule has 1 aromatic heterocycles. The van der Waals surface area contributed by atoms with Crippen molar-refractivity contribution in [1.82, 2.24) is 20.6 Å². The Hall–Kier alpha value is -3.48. The van der Waals surface area contributed by atoms with Gasteiger partial charge in [-0.15, -0.1) is 0 Å². The summed E-state index contributed by atoms with van der Waals surface area (Å²) in [4.78, 5) is 38.0. The highest BCUT2D eigenvalue weighted by atomic mass is 16.2. The molecular formula is C22H24N4O3. The van der Waals surface area contributed by atoms with E-state index in [1.54, 1.807) is 24.3 Å². The Morgan fingerprint density at radius 3 is 2.21 bits per heavy atom. The standard InChI is InChI=1S/C22H24N4O3/c1-4-16(15-10-6-5-7-11-15)20(27)23-24-21(28)19-17-12-8-9-13-18(17)22(29)26(25-19)14(2)3/h5-14,16H,4H2,1-3H3,(H,23,27)(H,24,28). The first-order valence-corrected chi connectivity index (χ1v) is 9.60. The monoisotopic (exact) mass is 392 g/mol. The summed E-state index contributed by atoms with van der Waals surface area (Å²) in [5.74, 6) is -1.27. The minimum Gasteiger partial charge on any atom is -0.273 e. The molecule has 0 fully saturated rings. The number of amides is 2. The first-order valence-electron chi connectivity index (χ1n) is 9.60. The normalized spacial score (nSPS) is 12.0. The van der Waals surface area contributed by atoms with Gasteiger partial charge < -0.3 is 0 Å². The van der Waals surface area contributed by atoms with E-state index in [1.807, 2.05) is 51.1 Å². The second-order valence-corrected chi connectivity index (χ2v) is 7.05. The summed E-state index contributed by atoms with van der Waals surface area (Å²) in [5, 5.41) is 5.09. The highest BCUT2D eigenvalue weighted by Gasteiger charge is 2.21. The molecule has 1 atom stereocenters. The second kappa shape index (κ2) is 8.68. The van der Waals surface area contributed by atoms with Crippen LogP contribution in [0.2, 0.25) is 0 Å². The van der Waals surface area contributed by atoms with Crippen LogP contribution in [0.5, 0.6) is 0 Å². The van der Waals surface area contributed by atoms with Gasteiger partial charge >= 0.3 is 0 Å². The maximum absolute atomic E-state index is 12.8. The van der Waals surface area contributed by atoms with Crippen LogP contribution in [0.3, 0.4) is 0 Å². The van der Waals surface area contributed by atoms with Crippen LogP contribution in [0.1, 0.15) is 55.2 Å². The topological polar surface area (TPSA) is 93.1 Å². The average molecular weight is 392 g/mol. The quantitative estimate of drug-likeness (QED) is 0.653. The third kappa shape index (κ3) is 4.18. The maximum Gasteiger partial charge on any atom is 0.290 e. The van der Waals surface area contributed by atoms with E-state index in [0.717, 1.165) is 5.56 Å². The Bertz CT molecular complexity index is 1090. The number of hydrazine groups is 1. The molecule has 0 saturated heterocycles. The van der Waals surface area contributed by atoms with Crippen LogP contribution in [-0.2, 0) is 4.79 Å². The van der Waals surface area contributed by atoms with E-state index in [1.165, 1.54) is 4.68 Å². The summed E-state index contributed by atoms with van der Waals surface area (Å²) < 4.78 is 1.28. The number of hydrogen-bond donors (Lipinski definition) is 2. The first kappa shape index (κ1) is 20.3. The van der Waals surface area contributed by atoms with Crippen molar-refractivity contribution < 1.29 is 9.59 Å². The average Bonchev–Trinajstić information content (AvgIpc) is 2.73. The first-order chi connectivity index (χ1) is 13.9. The molecule has 2 N–H and O–H groups in total. The zero-order valence-electron chi connectivity index (χ0n) is 16.7. The van der Waals surface area contributed by atoms with Gasteiger partial charge in [0, 0.05) is 5.39 Å². The molecule has 2 amide bonds. The summed E-state index contributed by atoms with van der Waals surface area (Å²) in [5.41, 5.74) is 5.64. The number of rotatable bonds is 5. The highest BCUT2D eigenvalue weighted by Crippen LogP contribution is 2.19. The number of benzene rings is 2. The van der Waals surface area contributed by atoms with Gasteiger partial charge in [0.25, 0.3) is 11.5 Å². The van der Waals surface area contributed by atoms with Gasteiger partial charge in [0.2, 0.25) is 5.91 Å². The molecule has 0 radical (unpaired) electrons. The summed E-state index contributed by atoms with van der Waals surface area (Å²) in [6.45, 7) is 5.54. The Balaban J connectivity index is 1.86. The number of nitrogens with one attached hydrogen (secondary N) is 2. The molecule has 0 saturated carbocycles. The Labute approximate surface area is 168 Å². The van der Waals surface area contributed by atoms with Crippen molar-refractivity contribution in [1.29, 1.82) is 0 Å². The van der Waals surface area contributed by atoms with Crippen LogP contribution in [-0.4, -0.2) is 21.6 Å². The molecule has 1 unspecified atom stereocenters. The summed E-state index contributed by atoms with van der Waals surface area (Å²) in [7, 11) is 0. The molecular weight excluding hydrogens is 368 g/mol. The van der Waals surface area contributed by atoms with Gasteiger partial charge in [0.05, 0.1) is 17.3 Å². The molecule has 2 aromatic carbocycles. The van der Waals surface area contributed by atoms with Crippen LogP contribution in [0.25, 0.3) is 10.8 Å². The van der Waals surface area contributed by atoms with Crippen LogP contribution in [0.15, 0.2) is 59.4 Å². The molecule has 7 nitrogen and oxygen atoms in total. The lowest BCUT2D eigenvalue weighted by molar-refractivity contribution is -0.123. The lowest BCUT2D eigenvalue weighted by atomic mass is 9.96. The molecule has 29 heavy (non-hydrogen) atoms. The third-order valence-electron chi connectivity index (χ3n) is 4.76. The minimum absolute atomic E-state index is 0.0851. The van der Waals surface area contributed by atoms with E-state index < -0.39 is 5.91 Å². The zero-order valence-corrected chi connectivity index (χ0v) is 16.7. The number of aromatic nitrogens is 2. The molecule has 150 valence electrons. The van der Waals surface area contributed by atoms with Crippen molar-refractivity contribution >= 4 is 22.6 Å². The number of carbonyl (C=O) groups excluding carboxylic acids is 2. The van der Waals surface area contributed by atoms with Gasteiger partial charge in [-0.1, -0.05) is 55.5 Å². The predicted molar refractivity (Wildman–Crippen MR) is 111 cm³/mol.